The van der Waals surface area contributed by atoms with Crippen molar-refractivity contribution in [2.45, 2.75) is 64.4 Å². The number of hydrogen-bond acceptors (Lipinski definition) is 5. The molecular formula is C19H26N2O2S2. The second-order valence-corrected chi connectivity index (χ2v) is 9.68. The van der Waals surface area contributed by atoms with Crippen molar-refractivity contribution in [2.24, 2.45) is 5.92 Å². The number of aromatic nitrogens is 2. The van der Waals surface area contributed by atoms with E-state index in [4.69, 9.17) is 9.72 Å². The van der Waals surface area contributed by atoms with Crippen LogP contribution in [-0.4, -0.2) is 20.9 Å². The zero-order valence-corrected chi connectivity index (χ0v) is 17.1. The Morgan fingerprint density at radius 3 is 2.92 bits per heavy atom. The first-order valence-corrected chi connectivity index (χ1v) is 10.6. The lowest BCUT2D eigenvalue weighted by Gasteiger charge is -2.30. The highest BCUT2D eigenvalue weighted by Gasteiger charge is 2.30. The molecule has 0 fully saturated rings. The van der Waals surface area contributed by atoms with Gasteiger partial charge in [-0.25, -0.2) is 4.98 Å². The van der Waals surface area contributed by atoms with E-state index in [9.17, 15) is 4.79 Å². The van der Waals surface area contributed by atoms with Gasteiger partial charge in [-0.1, -0.05) is 31.7 Å². The van der Waals surface area contributed by atoms with E-state index in [2.05, 4.69) is 25.0 Å². The molecule has 0 saturated heterocycles. The first kappa shape index (κ1) is 18.7. The summed E-state index contributed by atoms with van der Waals surface area (Å²) in [5, 5.41) is 0.923. The van der Waals surface area contributed by atoms with Crippen LogP contribution in [0.4, 0.5) is 0 Å². The van der Waals surface area contributed by atoms with Crippen LogP contribution in [0.25, 0.3) is 10.3 Å². The summed E-state index contributed by atoms with van der Waals surface area (Å²) in [4.78, 5) is 19.8. The van der Waals surface area contributed by atoms with Crippen molar-refractivity contribution in [3.63, 3.8) is 0 Å². The van der Waals surface area contributed by atoms with Crippen LogP contribution in [0.2, 0.25) is 0 Å². The van der Waals surface area contributed by atoms with Gasteiger partial charge in [0.1, 0.15) is 10.3 Å². The van der Waals surface area contributed by atoms with Crippen molar-refractivity contribution < 1.29 is 4.74 Å². The summed E-state index contributed by atoms with van der Waals surface area (Å²) < 4.78 is 8.03. The molecule has 4 nitrogen and oxygen atoms in total. The predicted molar refractivity (Wildman–Crippen MR) is 107 cm³/mol. The fourth-order valence-corrected chi connectivity index (χ4v) is 5.39. The topological polar surface area (TPSA) is 44.1 Å². The van der Waals surface area contributed by atoms with Crippen LogP contribution in [0.15, 0.2) is 22.6 Å². The number of hydrogen-bond donors (Lipinski definition) is 0. The van der Waals surface area contributed by atoms with Crippen molar-refractivity contribution in [3.8, 4) is 0 Å². The fourth-order valence-electron chi connectivity index (χ4n) is 2.94. The van der Waals surface area contributed by atoms with E-state index in [1.807, 2.05) is 19.9 Å². The summed E-state index contributed by atoms with van der Waals surface area (Å²) in [6.45, 7) is 13.6. The summed E-state index contributed by atoms with van der Waals surface area (Å²) in [6, 6.07) is 0. The molecule has 0 saturated carbocycles. The van der Waals surface area contributed by atoms with Gasteiger partial charge in [0.05, 0.1) is 12.2 Å². The summed E-state index contributed by atoms with van der Waals surface area (Å²) in [6.07, 6.45) is 3.65. The molecule has 1 aliphatic heterocycles. The molecule has 0 aromatic carbocycles. The molecule has 6 heteroatoms. The maximum absolute atomic E-state index is 13.1. The zero-order valence-electron chi connectivity index (χ0n) is 15.4. The molecular weight excluding hydrogens is 352 g/mol. The van der Waals surface area contributed by atoms with E-state index in [-0.39, 0.29) is 11.0 Å². The Balaban J connectivity index is 2.07. The lowest BCUT2D eigenvalue weighted by molar-refractivity contribution is -0.0386. The number of ether oxygens (including phenoxy) is 1. The smallest absolute Gasteiger partial charge is 0.211 e. The lowest BCUT2D eigenvalue weighted by Crippen LogP contribution is -2.34. The lowest BCUT2D eigenvalue weighted by atomic mass is 9.96. The van der Waals surface area contributed by atoms with Gasteiger partial charge in [0, 0.05) is 29.2 Å². The van der Waals surface area contributed by atoms with Gasteiger partial charge >= 0.3 is 0 Å². The summed E-state index contributed by atoms with van der Waals surface area (Å²) in [5.41, 5.74) is 1.28. The minimum Gasteiger partial charge on any atom is -0.370 e. The number of imidazole rings is 1. The largest absolute Gasteiger partial charge is 0.370 e. The molecule has 0 N–H and O–H groups in total. The summed E-state index contributed by atoms with van der Waals surface area (Å²) >= 11 is 3.38. The van der Waals surface area contributed by atoms with Gasteiger partial charge in [-0.05, 0) is 26.2 Å². The van der Waals surface area contributed by atoms with Crippen LogP contribution in [0.5, 0.6) is 0 Å². The molecule has 3 heterocycles. The highest BCUT2D eigenvalue weighted by atomic mass is 32.2. The van der Waals surface area contributed by atoms with Gasteiger partial charge in [-0.3, -0.25) is 4.79 Å². The number of thioether (sulfide) groups is 1. The Kier molecular flexibility index (Phi) is 5.42. The Hall–Kier alpha value is -1.11. The summed E-state index contributed by atoms with van der Waals surface area (Å²) in [5.74, 6) is 1.67. The SMILES string of the molecule is C=CCn1c(SCCC(C)C)nc2c(=O)c3c(sc21)COC(C)(C)C3. The predicted octanol–water partition coefficient (Wildman–Crippen LogP) is 4.63. The van der Waals surface area contributed by atoms with E-state index < -0.39 is 0 Å². The van der Waals surface area contributed by atoms with Gasteiger partial charge in [0.2, 0.25) is 5.43 Å². The van der Waals surface area contributed by atoms with E-state index in [0.29, 0.717) is 31.0 Å². The second-order valence-electron chi connectivity index (χ2n) is 7.54. The van der Waals surface area contributed by atoms with Crippen molar-refractivity contribution in [1.29, 1.82) is 0 Å². The average molecular weight is 379 g/mol. The third kappa shape index (κ3) is 3.86. The second kappa shape index (κ2) is 7.25. The van der Waals surface area contributed by atoms with Crippen LogP contribution in [0.3, 0.4) is 0 Å². The molecule has 0 spiro atoms. The third-order valence-electron chi connectivity index (χ3n) is 4.37. The molecule has 136 valence electrons. The maximum Gasteiger partial charge on any atom is 0.211 e. The quantitative estimate of drug-likeness (QED) is 0.543. The van der Waals surface area contributed by atoms with Crippen molar-refractivity contribution in [1.82, 2.24) is 9.55 Å². The Morgan fingerprint density at radius 2 is 2.24 bits per heavy atom. The Bertz CT molecular complexity index is 849. The van der Waals surface area contributed by atoms with E-state index >= 15 is 0 Å². The van der Waals surface area contributed by atoms with Crippen molar-refractivity contribution >= 4 is 33.4 Å². The molecule has 0 amide bonds. The molecule has 25 heavy (non-hydrogen) atoms. The number of fused-ring (bicyclic) bond motifs is 2. The maximum atomic E-state index is 13.1. The van der Waals surface area contributed by atoms with Crippen molar-refractivity contribution in [3.05, 3.63) is 33.3 Å². The van der Waals surface area contributed by atoms with E-state index in [1.54, 1.807) is 23.1 Å². The minimum atomic E-state index is -0.287. The van der Waals surface area contributed by atoms with Crippen molar-refractivity contribution in [2.75, 3.05) is 5.75 Å². The number of allylic oxidation sites excluding steroid dienone is 1. The van der Waals surface area contributed by atoms with Crippen LogP contribution in [0.1, 0.15) is 44.6 Å². The molecule has 2 aromatic rings. The molecule has 0 radical (unpaired) electrons. The van der Waals surface area contributed by atoms with Gasteiger partial charge in [0.25, 0.3) is 0 Å². The molecule has 2 aromatic heterocycles. The molecule has 0 bridgehead atoms. The monoisotopic (exact) mass is 378 g/mol. The Labute approximate surface area is 157 Å². The number of rotatable bonds is 6. The van der Waals surface area contributed by atoms with E-state index in [0.717, 1.165) is 32.6 Å². The highest BCUT2D eigenvalue weighted by molar-refractivity contribution is 7.99. The van der Waals surface area contributed by atoms with Crippen LogP contribution in [0, 0.1) is 5.92 Å². The molecule has 0 atom stereocenters. The third-order valence-corrected chi connectivity index (χ3v) is 6.59. The van der Waals surface area contributed by atoms with Crippen LogP contribution in [-0.2, 0) is 24.3 Å². The van der Waals surface area contributed by atoms with E-state index in [1.165, 1.54) is 0 Å². The number of nitrogens with zero attached hydrogens (tertiary/aromatic N) is 2. The first-order chi connectivity index (χ1) is 11.8. The molecule has 0 unspecified atom stereocenters. The van der Waals surface area contributed by atoms with Crippen LogP contribution < -0.4 is 5.43 Å². The minimum absolute atomic E-state index is 0.0775. The zero-order chi connectivity index (χ0) is 18.2. The fraction of sp³-hybridized carbons (Fsp3) is 0.579. The first-order valence-electron chi connectivity index (χ1n) is 8.75. The summed E-state index contributed by atoms with van der Waals surface area (Å²) in [7, 11) is 0. The van der Waals surface area contributed by atoms with Gasteiger partial charge in [0.15, 0.2) is 5.16 Å². The van der Waals surface area contributed by atoms with Gasteiger partial charge in [-0.15, -0.1) is 17.9 Å². The molecule has 0 aliphatic carbocycles. The molecule has 1 aliphatic rings. The van der Waals surface area contributed by atoms with Gasteiger partial charge < -0.3 is 9.30 Å². The molecule has 3 rings (SSSR count). The normalized spacial score (nSPS) is 16.4. The highest BCUT2D eigenvalue weighted by Crippen LogP contribution is 2.33. The standard InChI is InChI=1S/C19H26N2O2S2/c1-6-8-21-17-15(20-18(21)24-9-7-12(2)3)16(22)13-10-19(4,5)23-11-14(13)25-17/h6,12H,1,7-11H2,2-5H3. The van der Waals surface area contributed by atoms with Crippen LogP contribution >= 0.6 is 23.1 Å². The average Bonchev–Trinajstić information content (AvgIpc) is 2.87. The Morgan fingerprint density at radius 1 is 1.48 bits per heavy atom. The van der Waals surface area contributed by atoms with Gasteiger partial charge in [-0.2, -0.15) is 0 Å².